The molecule has 0 saturated carbocycles. The van der Waals surface area contributed by atoms with E-state index in [-0.39, 0.29) is 17.0 Å². The van der Waals surface area contributed by atoms with Crippen molar-refractivity contribution in [2.45, 2.75) is 18.3 Å². The molecule has 7 heteroatoms. The Morgan fingerprint density at radius 1 is 1.29 bits per heavy atom. The Labute approximate surface area is 94.4 Å². The fourth-order valence-corrected chi connectivity index (χ4v) is 1.52. The van der Waals surface area contributed by atoms with Gasteiger partial charge in [0.05, 0.1) is 12.1 Å². The highest BCUT2D eigenvalue weighted by Gasteiger charge is 2.57. The Balaban J connectivity index is 2.27. The summed E-state index contributed by atoms with van der Waals surface area (Å²) in [4.78, 5) is 0. The second kappa shape index (κ2) is 3.63. The van der Waals surface area contributed by atoms with Gasteiger partial charge in [-0.1, -0.05) is 12.1 Å². The van der Waals surface area contributed by atoms with Gasteiger partial charge < -0.3 is 10.2 Å². The molecule has 0 bridgehead atoms. The Kier molecular flexibility index (Phi) is 2.50. The number of halogens is 3. The van der Waals surface area contributed by atoms with E-state index in [0.29, 0.717) is 0 Å². The summed E-state index contributed by atoms with van der Waals surface area (Å²) >= 11 is 0. The van der Waals surface area contributed by atoms with Crippen molar-refractivity contribution in [3.05, 3.63) is 29.8 Å². The van der Waals surface area contributed by atoms with Gasteiger partial charge >= 0.3 is 6.18 Å². The quantitative estimate of drug-likeness (QED) is 0.700. The van der Waals surface area contributed by atoms with E-state index in [0.717, 1.165) is 0 Å². The van der Waals surface area contributed by atoms with Crippen LogP contribution in [0.3, 0.4) is 0 Å². The van der Waals surface area contributed by atoms with Crippen LogP contribution in [0.25, 0.3) is 0 Å². The number of nitrogens with zero attached hydrogens (tertiary/aromatic N) is 1. The molecule has 3 N–H and O–H groups in total. The smallest absolute Gasteiger partial charge is 0.438 e. The first-order valence-corrected chi connectivity index (χ1v) is 4.75. The van der Waals surface area contributed by atoms with Crippen molar-refractivity contribution >= 4 is 5.71 Å². The van der Waals surface area contributed by atoms with Crippen LogP contribution >= 0.6 is 0 Å². The molecule has 1 aliphatic rings. The van der Waals surface area contributed by atoms with Gasteiger partial charge in [0.1, 0.15) is 5.75 Å². The Bertz CT molecular complexity index is 473. The molecule has 0 fully saturated rings. The summed E-state index contributed by atoms with van der Waals surface area (Å²) in [6, 6.07) is 5.86. The summed E-state index contributed by atoms with van der Waals surface area (Å²) in [5.74, 6) is -0.181. The third-order valence-corrected chi connectivity index (χ3v) is 2.48. The Hall–Kier alpha value is -1.76. The minimum atomic E-state index is -4.83. The number of phenols is 1. The van der Waals surface area contributed by atoms with Crippen LogP contribution < -0.4 is 5.43 Å². The lowest BCUT2D eigenvalue weighted by molar-refractivity contribution is -0.266. The van der Waals surface area contributed by atoms with E-state index in [1.54, 1.807) is 11.5 Å². The molecule has 0 aliphatic carbocycles. The summed E-state index contributed by atoms with van der Waals surface area (Å²) in [5, 5.41) is 22.2. The molecule has 1 heterocycles. The zero-order chi connectivity index (χ0) is 12.7. The second-order valence-corrected chi connectivity index (χ2v) is 3.72. The van der Waals surface area contributed by atoms with Gasteiger partial charge in [-0.2, -0.15) is 18.3 Å². The van der Waals surface area contributed by atoms with Crippen LogP contribution in [-0.2, 0) is 0 Å². The lowest BCUT2D eigenvalue weighted by atomic mass is 10.0. The summed E-state index contributed by atoms with van der Waals surface area (Å²) in [7, 11) is 0. The topological polar surface area (TPSA) is 64.9 Å². The molecule has 0 spiro atoms. The summed E-state index contributed by atoms with van der Waals surface area (Å²) < 4.78 is 37.5. The fourth-order valence-electron chi connectivity index (χ4n) is 1.52. The fraction of sp³-hybridized carbons (Fsp3) is 0.300. The van der Waals surface area contributed by atoms with Crippen molar-refractivity contribution < 1.29 is 23.4 Å². The lowest BCUT2D eigenvalue weighted by Crippen LogP contribution is -2.52. The number of aliphatic hydroxyl groups is 1. The number of para-hydroxylation sites is 1. The average molecular weight is 246 g/mol. The summed E-state index contributed by atoms with van der Waals surface area (Å²) in [6.45, 7) is 0. The highest BCUT2D eigenvalue weighted by molar-refractivity contribution is 6.04. The van der Waals surface area contributed by atoms with Crippen LogP contribution in [0.4, 0.5) is 13.2 Å². The van der Waals surface area contributed by atoms with Gasteiger partial charge in [0.25, 0.3) is 5.72 Å². The molecule has 17 heavy (non-hydrogen) atoms. The van der Waals surface area contributed by atoms with E-state index in [9.17, 15) is 23.4 Å². The first kappa shape index (κ1) is 11.7. The van der Waals surface area contributed by atoms with Crippen molar-refractivity contribution in [1.82, 2.24) is 5.43 Å². The molecule has 0 aromatic heterocycles. The predicted molar refractivity (Wildman–Crippen MR) is 53.4 cm³/mol. The number of hydrazone groups is 1. The molecule has 0 saturated heterocycles. The van der Waals surface area contributed by atoms with Crippen LogP contribution in [0.5, 0.6) is 5.75 Å². The van der Waals surface area contributed by atoms with E-state index in [1.165, 1.54) is 18.2 Å². The summed E-state index contributed by atoms with van der Waals surface area (Å²) in [6.07, 6.45) is -5.57. The van der Waals surface area contributed by atoms with Gasteiger partial charge in [-0.25, -0.2) is 0 Å². The van der Waals surface area contributed by atoms with Gasteiger partial charge in [0.2, 0.25) is 0 Å². The standard InChI is InChI=1S/C10H9F3N2O2/c11-10(12,13)9(17)5-7(14-15-9)6-3-1-2-4-8(6)16/h1-4,15-17H,5H2. The highest BCUT2D eigenvalue weighted by Crippen LogP contribution is 2.35. The van der Waals surface area contributed by atoms with E-state index >= 15 is 0 Å². The molecule has 1 aliphatic heterocycles. The third kappa shape index (κ3) is 1.93. The average Bonchev–Trinajstić information content (AvgIpc) is 2.62. The minimum Gasteiger partial charge on any atom is -0.507 e. The molecular formula is C10H9F3N2O2. The number of phenolic OH excluding ortho intramolecular Hbond substituents is 1. The number of hydrogen-bond donors (Lipinski definition) is 3. The molecule has 1 atom stereocenters. The molecular weight excluding hydrogens is 237 g/mol. The highest BCUT2D eigenvalue weighted by atomic mass is 19.4. The van der Waals surface area contributed by atoms with E-state index in [2.05, 4.69) is 5.10 Å². The minimum absolute atomic E-state index is 0.0390. The number of hydrogen-bond acceptors (Lipinski definition) is 4. The normalized spacial score (nSPS) is 24.4. The monoisotopic (exact) mass is 246 g/mol. The largest absolute Gasteiger partial charge is 0.507 e. The van der Waals surface area contributed by atoms with E-state index in [4.69, 9.17) is 0 Å². The number of alkyl halides is 3. The van der Waals surface area contributed by atoms with Crippen molar-refractivity contribution in [2.75, 3.05) is 0 Å². The van der Waals surface area contributed by atoms with Crippen LogP contribution in [-0.4, -0.2) is 27.8 Å². The van der Waals surface area contributed by atoms with Gasteiger partial charge in [0.15, 0.2) is 0 Å². The van der Waals surface area contributed by atoms with E-state index in [1.807, 2.05) is 0 Å². The van der Waals surface area contributed by atoms with Crippen molar-refractivity contribution in [3.63, 3.8) is 0 Å². The molecule has 4 nitrogen and oxygen atoms in total. The van der Waals surface area contributed by atoms with Crippen LogP contribution in [0, 0.1) is 0 Å². The SMILES string of the molecule is Oc1ccccc1C1=NNC(O)(C(F)(F)F)C1. The molecule has 1 unspecified atom stereocenters. The molecule has 92 valence electrons. The van der Waals surface area contributed by atoms with Crippen molar-refractivity contribution in [3.8, 4) is 5.75 Å². The number of benzene rings is 1. The van der Waals surface area contributed by atoms with Gasteiger partial charge in [-0.05, 0) is 12.1 Å². The molecule has 2 rings (SSSR count). The zero-order valence-electron chi connectivity index (χ0n) is 8.49. The maximum absolute atomic E-state index is 12.5. The Morgan fingerprint density at radius 2 is 1.94 bits per heavy atom. The molecule has 1 aromatic carbocycles. The second-order valence-electron chi connectivity index (χ2n) is 3.72. The number of nitrogens with one attached hydrogen (secondary N) is 1. The maximum atomic E-state index is 12.5. The van der Waals surface area contributed by atoms with Gasteiger partial charge in [-0.15, -0.1) is 0 Å². The van der Waals surface area contributed by atoms with Gasteiger partial charge in [-0.3, -0.25) is 5.43 Å². The summed E-state index contributed by atoms with van der Waals surface area (Å²) in [5.41, 5.74) is -1.28. The first-order valence-electron chi connectivity index (χ1n) is 4.75. The molecule has 0 amide bonds. The predicted octanol–water partition coefficient (Wildman–Crippen LogP) is 1.34. The number of aromatic hydroxyl groups is 1. The molecule has 0 radical (unpaired) electrons. The van der Waals surface area contributed by atoms with Crippen LogP contribution in [0.1, 0.15) is 12.0 Å². The van der Waals surface area contributed by atoms with Gasteiger partial charge in [0, 0.05) is 5.56 Å². The van der Waals surface area contributed by atoms with Crippen molar-refractivity contribution in [2.24, 2.45) is 5.10 Å². The maximum Gasteiger partial charge on any atom is 0.438 e. The lowest BCUT2D eigenvalue weighted by Gasteiger charge is -2.24. The third-order valence-electron chi connectivity index (χ3n) is 2.48. The first-order chi connectivity index (χ1) is 7.83. The van der Waals surface area contributed by atoms with Crippen LogP contribution in [0.15, 0.2) is 29.4 Å². The molecule has 1 aromatic rings. The van der Waals surface area contributed by atoms with E-state index < -0.39 is 18.3 Å². The Morgan fingerprint density at radius 3 is 2.47 bits per heavy atom. The van der Waals surface area contributed by atoms with Crippen LogP contribution in [0.2, 0.25) is 0 Å². The number of rotatable bonds is 1. The zero-order valence-corrected chi connectivity index (χ0v) is 8.49. The van der Waals surface area contributed by atoms with Crippen molar-refractivity contribution in [1.29, 1.82) is 0 Å².